The molecule has 1 N–H and O–H groups in total. The SMILES string of the molecule is CCNC(C)c1cccnc1N1CCCC(C)C1C. The number of anilines is 1. The van der Waals surface area contributed by atoms with Gasteiger partial charge >= 0.3 is 0 Å². The molecule has 0 radical (unpaired) electrons. The summed E-state index contributed by atoms with van der Waals surface area (Å²) in [6.07, 6.45) is 4.53. The lowest BCUT2D eigenvalue weighted by Crippen LogP contribution is -2.43. The lowest BCUT2D eigenvalue weighted by Gasteiger charge is -2.40. The van der Waals surface area contributed by atoms with Gasteiger partial charge in [0.1, 0.15) is 5.82 Å². The first-order valence-corrected chi connectivity index (χ1v) is 7.60. The summed E-state index contributed by atoms with van der Waals surface area (Å²) in [4.78, 5) is 7.17. The van der Waals surface area contributed by atoms with E-state index in [1.165, 1.54) is 24.2 Å². The van der Waals surface area contributed by atoms with E-state index in [4.69, 9.17) is 0 Å². The molecule has 0 aliphatic carbocycles. The summed E-state index contributed by atoms with van der Waals surface area (Å²) in [5.41, 5.74) is 1.32. The highest BCUT2D eigenvalue weighted by Crippen LogP contribution is 2.31. The molecule has 0 saturated carbocycles. The Morgan fingerprint density at radius 1 is 1.47 bits per heavy atom. The molecule has 0 amide bonds. The standard InChI is InChI=1S/C16H27N3/c1-5-17-13(3)15-9-6-10-18-16(15)19-11-7-8-12(2)14(19)4/h6,9-10,12-14,17H,5,7-8,11H2,1-4H3. The van der Waals surface area contributed by atoms with E-state index in [0.717, 1.165) is 19.0 Å². The van der Waals surface area contributed by atoms with Gasteiger partial charge in [0.05, 0.1) is 0 Å². The van der Waals surface area contributed by atoms with Crippen molar-refractivity contribution >= 4 is 5.82 Å². The molecule has 3 unspecified atom stereocenters. The van der Waals surface area contributed by atoms with Crippen LogP contribution in [0.2, 0.25) is 0 Å². The van der Waals surface area contributed by atoms with E-state index in [0.29, 0.717) is 12.1 Å². The van der Waals surface area contributed by atoms with Gasteiger partial charge in [0, 0.05) is 30.4 Å². The number of nitrogens with zero attached hydrogens (tertiary/aromatic N) is 2. The molecule has 2 rings (SSSR count). The van der Waals surface area contributed by atoms with Gasteiger partial charge < -0.3 is 10.2 Å². The number of hydrogen-bond donors (Lipinski definition) is 1. The lowest BCUT2D eigenvalue weighted by molar-refractivity contribution is 0.360. The van der Waals surface area contributed by atoms with E-state index in [1.54, 1.807) is 0 Å². The van der Waals surface area contributed by atoms with Crippen LogP contribution in [0.3, 0.4) is 0 Å². The van der Waals surface area contributed by atoms with Crippen LogP contribution in [0.1, 0.15) is 52.1 Å². The highest BCUT2D eigenvalue weighted by Gasteiger charge is 2.27. The van der Waals surface area contributed by atoms with Crippen LogP contribution in [-0.4, -0.2) is 24.1 Å². The molecule has 1 aromatic rings. The molecule has 3 atom stereocenters. The van der Waals surface area contributed by atoms with E-state index in [-0.39, 0.29) is 0 Å². The van der Waals surface area contributed by atoms with Crippen LogP contribution in [0.5, 0.6) is 0 Å². The number of pyridine rings is 1. The van der Waals surface area contributed by atoms with E-state index in [9.17, 15) is 0 Å². The first-order chi connectivity index (χ1) is 9.15. The fourth-order valence-corrected chi connectivity index (χ4v) is 3.04. The van der Waals surface area contributed by atoms with E-state index < -0.39 is 0 Å². The van der Waals surface area contributed by atoms with Gasteiger partial charge in [-0.05, 0) is 45.2 Å². The molecule has 19 heavy (non-hydrogen) atoms. The minimum Gasteiger partial charge on any atom is -0.353 e. The van der Waals surface area contributed by atoms with Crippen molar-refractivity contribution in [2.45, 2.75) is 52.6 Å². The molecule has 1 fully saturated rings. The van der Waals surface area contributed by atoms with Crippen LogP contribution in [0, 0.1) is 5.92 Å². The average Bonchev–Trinajstić information content (AvgIpc) is 2.42. The molecule has 0 aromatic carbocycles. The Morgan fingerprint density at radius 2 is 2.26 bits per heavy atom. The Balaban J connectivity index is 2.28. The van der Waals surface area contributed by atoms with Gasteiger partial charge in [-0.3, -0.25) is 0 Å². The van der Waals surface area contributed by atoms with Gasteiger partial charge in [-0.15, -0.1) is 0 Å². The molecule has 3 heteroatoms. The van der Waals surface area contributed by atoms with Gasteiger partial charge in [0.25, 0.3) is 0 Å². The Labute approximate surface area is 117 Å². The number of nitrogens with one attached hydrogen (secondary N) is 1. The van der Waals surface area contributed by atoms with Gasteiger partial charge in [0.15, 0.2) is 0 Å². The second-order valence-electron chi connectivity index (χ2n) is 5.75. The highest BCUT2D eigenvalue weighted by molar-refractivity contribution is 5.49. The molecule has 1 aliphatic rings. The minimum atomic E-state index is 0.359. The van der Waals surface area contributed by atoms with Crippen molar-refractivity contribution in [3.8, 4) is 0 Å². The van der Waals surface area contributed by atoms with Crippen LogP contribution in [0.25, 0.3) is 0 Å². The molecule has 1 aliphatic heterocycles. The predicted molar refractivity (Wildman–Crippen MR) is 81.5 cm³/mol. The maximum absolute atomic E-state index is 4.68. The summed E-state index contributed by atoms with van der Waals surface area (Å²) in [6.45, 7) is 11.2. The van der Waals surface area contributed by atoms with Crippen LogP contribution in [0.15, 0.2) is 18.3 Å². The van der Waals surface area contributed by atoms with Gasteiger partial charge in [-0.2, -0.15) is 0 Å². The van der Waals surface area contributed by atoms with E-state index in [1.807, 2.05) is 12.3 Å². The van der Waals surface area contributed by atoms with Crippen molar-refractivity contribution in [1.82, 2.24) is 10.3 Å². The topological polar surface area (TPSA) is 28.2 Å². The summed E-state index contributed by atoms with van der Waals surface area (Å²) in [7, 11) is 0. The fourth-order valence-electron chi connectivity index (χ4n) is 3.04. The summed E-state index contributed by atoms with van der Waals surface area (Å²) in [6, 6.07) is 5.20. The maximum Gasteiger partial charge on any atom is 0.133 e. The van der Waals surface area contributed by atoms with E-state index in [2.05, 4.69) is 49.0 Å². The minimum absolute atomic E-state index is 0.359. The molecular formula is C16H27N3. The average molecular weight is 261 g/mol. The van der Waals surface area contributed by atoms with Crippen molar-refractivity contribution in [1.29, 1.82) is 0 Å². The van der Waals surface area contributed by atoms with Crippen molar-refractivity contribution in [2.75, 3.05) is 18.0 Å². The third-order valence-electron chi connectivity index (χ3n) is 4.44. The Morgan fingerprint density at radius 3 is 3.00 bits per heavy atom. The van der Waals surface area contributed by atoms with Crippen LogP contribution < -0.4 is 10.2 Å². The van der Waals surface area contributed by atoms with E-state index >= 15 is 0 Å². The van der Waals surface area contributed by atoms with Gasteiger partial charge in [0.2, 0.25) is 0 Å². The summed E-state index contributed by atoms with van der Waals surface area (Å²) < 4.78 is 0. The molecule has 3 nitrogen and oxygen atoms in total. The second-order valence-corrected chi connectivity index (χ2v) is 5.75. The second kappa shape index (κ2) is 6.38. The number of rotatable bonds is 4. The normalized spacial score (nSPS) is 25.4. The monoisotopic (exact) mass is 261 g/mol. The summed E-state index contributed by atoms with van der Waals surface area (Å²) in [5, 5.41) is 3.50. The summed E-state index contributed by atoms with van der Waals surface area (Å²) in [5.74, 6) is 1.92. The molecule has 2 heterocycles. The van der Waals surface area contributed by atoms with Gasteiger partial charge in [-0.25, -0.2) is 4.98 Å². The maximum atomic E-state index is 4.68. The third kappa shape index (κ3) is 3.08. The summed E-state index contributed by atoms with van der Waals surface area (Å²) >= 11 is 0. The van der Waals surface area contributed by atoms with Crippen LogP contribution >= 0.6 is 0 Å². The lowest BCUT2D eigenvalue weighted by atomic mass is 9.91. The molecular weight excluding hydrogens is 234 g/mol. The quantitative estimate of drug-likeness (QED) is 0.900. The van der Waals surface area contributed by atoms with Crippen molar-refractivity contribution in [2.24, 2.45) is 5.92 Å². The Bertz CT molecular complexity index is 405. The van der Waals surface area contributed by atoms with Crippen molar-refractivity contribution in [3.05, 3.63) is 23.9 Å². The smallest absolute Gasteiger partial charge is 0.133 e. The molecule has 0 spiro atoms. The van der Waals surface area contributed by atoms with Crippen molar-refractivity contribution < 1.29 is 0 Å². The first-order valence-electron chi connectivity index (χ1n) is 7.60. The van der Waals surface area contributed by atoms with Crippen LogP contribution in [-0.2, 0) is 0 Å². The Hall–Kier alpha value is -1.09. The first kappa shape index (κ1) is 14.3. The molecule has 1 saturated heterocycles. The fraction of sp³-hybridized carbons (Fsp3) is 0.688. The predicted octanol–water partition coefficient (Wildman–Crippen LogP) is 3.38. The molecule has 0 bridgehead atoms. The zero-order valence-electron chi connectivity index (χ0n) is 12.7. The number of piperidine rings is 1. The number of hydrogen-bond acceptors (Lipinski definition) is 3. The zero-order valence-corrected chi connectivity index (χ0v) is 12.7. The van der Waals surface area contributed by atoms with Crippen molar-refractivity contribution in [3.63, 3.8) is 0 Å². The molecule has 1 aromatic heterocycles. The largest absolute Gasteiger partial charge is 0.353 e. The zero-order chi connectivity index (χ0) is 13.8. The van der Waals surface area contributed by atoms with Gasteiger partial charge in [-0.1, -0.05) is 19.9 Å². The highest BCUT2D eigenvalue weighted by atomic mass is 15.2. The Kier molecular flexibility index (Phi) is 4.81. The molecule has 106 valence electrons. The third-order valence-corrected chi connectivity index (χ3v) is 4.44. The number of aromatic nitrogens is 1. The van der Waals surface area contributed by atoms with Crippen LogP contribution in [0.4, 0.5) is 5.82 Å².